The summed E-state index contributed by atoms with van der Waals surface area (Å²) in [4.78, 5) is 31.1. The second kappa shape index (κ2) is 6.67. The Bertz CT molecular complexity index is 518. The van der Waals surface area contributed by atoms with Crippen LogP contribution in [0, 0.1) is 6.92 Å². The van der Waals surface area contributed by atoms with Crippen LogP contribution in [0.5, 0.6) is 0 Å². The first-order chi connectivity index (χ1) is 9.56. The molecule has 0 spiro atoms. The van der Waals surface area contributed by atoms with Crippen LogP contribution in [-0.2, 0) is 0 Å². The molecule has 110 valence electrons. The van der Waals surface area contributed by atoms with Gasteiger partial charge in [0.25, 0.3) is 5.91 Å². The fourth-order valence-corrected chi connectivity index (χ4v) is 2.24. The fraction of sp³-hybridized carbons (Fsp3) is 0.571. The maximum Gasteiger partial charge on any atom is 0.256 e. The molecule has 2 rings (SSSR count). The third-order valence-electron chi connectivity index (χ3n) is 3.61. The number of aryl methyl sites for hydroxylation is 1. The molecule has 6 heteroatoms. The number of carbonyl (C=O) groups excluding carboxylic acids is 1. The Labute approximate surface area is 118 Å². The Kier molecular flexibility index (Phi) is 4.92. The van der Waals surface area contributed by atoms with Crippen molar-refractivity contribution < 1.29 is 4.79 Å². The van der Waals surface area contributed by atoms with Crippen molar-refractivity contribution in [2.24, 2.45) is 0 Å². The Morgan fingerprint density at radius 1 is 1.35 bits per heavy atom. The molecule has 0 bridgehead atoms. The number of carbonyl (C=O) groups is 1. The monoisotopic (exact) mass is 278 g/mol. The van der Waals surface area contributed by atoms with Crippen LogP contribution in [0.25, 0.3) is 0 Å². The van der Waals surface area contributed by atoms with Crippen LogP contribution >= 0.6 is 0 Å². The van der Waals surface area contributed by atoms with Crippen molar-refractivity contribution in [3.05, 3.63) is 33.7 Å². The summed E-state index contributed by atoms with van der Waals surface area (Å²) < 4.78 is 0. The number of aromatic amines is 1. The van der Waals surface area contributed by atoms with Gasteiger partial charge in [0, 0.05) is 57.2 Å². The van der Waals surface area contributed by atoms with Crippen LogP contribution < -0.4 is 10.7 Å². The number of rotatable bonds is 4. The van der Waals surface area contributed by atoms with Gasteiger partial charge in [0.2, 0.25) is 0 Å². The van der Waals surface area contributed by atoms with Crippen molar-refractivity contribution in [1.29, 1.82) is 0 Å². The van der Waals surface area contributed by atoms with E-state index < -0.39 is 0 Å². The molecule has 2 heterocycles. The number of piperazine rings is 1. The van der Waals surface area contributed by atoms with Gasteiger partial charge in [-0.05, 0) is 14.0 Å². The zero-order chi connectivity index (χ0) is 14.5. The molecule has 1 aliphatic rings. The summed E-state index contributed by atoms with van der Waals surface area (Å²) >= 11 is 0. The number of nitrogens with zero attached hydrogens (tertiary/aromatic N) is 2. The Morgan fingerprint density at radius 3 is 2.70 bits per heavy atom. The van der Waals surface area contributed by atoms with Gasteiger partial charge >= 0.3 is 0 Å². The molecular formula is C14H22N4O2. The largest absolute Gasteiger partial charge is 0.364 e. The van der Waals surface area contributed by atoms with E-state index in [-0.39, 0.29) is 16.9 Å². The van der Waals surface area contributed by atoms with E-state index in [4.69, 9.17) is 0 Å². The molecule has 0 radical (unpaired) electrons. The van der Waals surface area contributed by atoms with Gasteiger partial charge in [0.1, 0.15) is 5.56 Å². The highest BCUT2D eigenvalue weighted by Crippen LogP contribution is 1.98. The minimum atomic E-state index is -0.305. The van der Waals surface area contributed by atoms with Crippen molar-refractivity contribution in [3.8, 4) is 0 Å². The summed E-state index contributed by atoms with van der Waals surface area (Å²) in [7, 11) is 2.11. The SMILES string of the molecule is Cc1cc(=O)c(C(=O)NCCN2CCN(C)CC2)c[nH]1. The summed E-state index contributed by atoms with van der Waals surface area (Å²) in [6.07, 6.45) is 1.48. The molecular weight excluding hydrogens is 256 g/mol. The van der Waals surface area contributed by atoms with Crippen molar-refractivity contribution in [2.45, 2.75) is 6.92 Å². The van der Waals surface area contributed by atoms with Gasteiger partial charge in [-0.15, -0.1) is 0 Å². The second-order valence-electron chi connectivity index (χ2n) is 5.29. The Morgan fingerprint density at radius 2 is 2.05 bits per heavy atom. The van der Waals surface area contributed by atoms with Gasteiger partial charge in [0.05, 0.1) is 0 Å². The van der Waals surface area contributed by atoms with E-state index in [2.05, 4.69) is 27.1 Å². The lowest BCUT2D eigenvalue weighted by molar-refractivity contribution is 0.0939. The first-order valence-electron chi connectivity index (χ1n) is 6.94. The summed E-state index contributed by atoms with van der Waals surface area (Å²) in [5.74, 6) is -0.305. The van der Waals surface area contributed by atoms with Crippen LogP contribution in [0.1, 0.15) is 16.1 Å². The fourth-order valence-electron chi connectivity index (χ4n) is 2.24. The second-order valence-corrected chi connectivity index (χ2v) is 5.29. The molecule has 0 saturated carbocycles. The van der Waals surface area contributed by atoms with E-state index in [1.54, 1.807) is 6.92 Å². The number of aromatic nitrogens is 1. The van der Waals surface area contributed by atoms with Gasteiger partial charge in [-0.1, -0.05) is 0 Å². The first kappa shape index (κ1) is 14.7. The molecule has 1 saturated heterocycles. The van der Waals surface area contributed by atoms with E-state index in [1.807, 2.05) is 0 Å². The molecule has 20 heavy (non-hydrogen) atoms. The molecule has 0 aromatic carbocycles. The minimum Gasteiger partial charge on any atom is -0.364 e. The number of nitrogens with one attached hydrogen (secondary N) is 2. The van der Waals surface area contributed by atoms with Crippen LogP contribution in [0.4, 0.5) is 0 Å². The molecule has 0 atom stereocenters. The number of hydrogen-bond donors (Lipinski definition) is 2. The molecule has 0 unspecified atom stereocenters. The first-order valence-corrected chi connectivity index (χ1v) is 6.94. The van der Waals surface area contributed by atoms with Crippen LogP contribution in [-0.4, -0.2) is 67.0 Å². The van der Waals surface area contributed by atoms with Gasteiger partial charge in [0.15, 0.2) is 5.43 Å². The molecule has 1 fully saturated rings. The molecule has 1 aromatic heterocycles. The highest BCUT2D eigenvalue weighted by molar-refractivity contribution is 5.93. The smallest absolute Gasteiger partial charge is 0.256 e. The summed E-state index contributed by atoms with van der Waals surface area (Å²) in [5, 5.41) is 2.80. The van der Waals surface area contributed by atoms with Crippen molar-refractivity contribution in [3.63, 3.8) is 0 Å². The van der Waals surface area contributed by atoms with Gasteiger partial charge in [-0.3, -0.25) is 14.5 Å². The lowest BCUT2D eigenvalue weighted by Crippen LogP contribution is -2.47. The zero-order valence-electron chi connectivity index (χ0n) is 12.1. The average molecular weight is 278 g/mol. The number of likely N-dealkylation sites (N-methyl/N-ethyl adjacent to an activating group) is 1. The van der Waals surface area contributed by atoms with Gasteiger partial charge < -0.3 is 15.2 Å². The molecule has 1 aliphatic heterocycles. The third-order valence-corrected chi connectivity index (χ3v) is 3.61. The van der Waals surface area contributed by atoms with Gasteiger partial charge in [-0.2, -0.15) is 0 Å². The summed E-state index contributed by atoms with van der Waals surface area (Å²) in [6.45, 7) is 7.35. The third kappa shape index (κ3) is 3.91. The highest BCUT2D eigenvalue weighted by Gasteiger charge is 2.14. The van der Waals surface area contributed by atoms with Crippen molar-refractivity contribution in [1.82, 2.24) is 20.1 Å². The maximum atomic E-state index is 11.9. The minimum absolute atomic E-state index is 0.175. The summed E-state index contributed by atoms with van der Waals surface area (Å²) in [6, 6.07) is 1.44. The van der Waals surface area contributed by atoms with Crippen molar-refractivity contribution in [2.75, 3.05) is 46.3 Å². The van der Waals surface area contributed by atoms with Gasteiger partial charge in [-0.25, -0.2) is 0 Å². The predicted molar refractivity (Wildman–Crippen MR) is 78.1 cm³/mol. The van der Waals surface area contributed by atoms with Crippen LogP contribution in [0.2, 0.25) is 0 Å². The predicted octanol–water partition coefficient (Wildman–Crippen LogP) is -0.339. The van der Waals surface area contributed by atoms with Crippen molar-refractivity contribution >= 4 is 5.91 Å². The maximum absolute atomic E-state index is 11.9. The average Bonchev–Trinajstić information content (AvgIpc) is 2.41. The lowest BCUT2D eigenvalue weighted by Gasteiger charge is -2.32. The van der Waals surface area contributed by atoms with Crippen LogP contribution in [0.15, 0.2) is 17.1 Å². The van der Waals surface area contributed by atoms with E-state index in [0.717, 1.165) is 38.4 Å². The number of H-pyrrole nitrogens is 1. The highest BCUT2D eigenvalue weighted by atomic mass is 16.2. The van der Waals surface area contributed by atoms with Crippen LogP contribution in [0.3, 0.4) is 0 Å². The molecule has 0 aliphatic carbocycles. The van der Waals surface area contributed by atoms with E-state index in [9.17, 15) is 9.59 Å². The van der Waals surface area contributed by atoms with E-state index in [1.165, 1.54) is 12.3 Å². The quantitative estimate of drug-likeness (QED) is 0.791. The molecule has 1 amide bonds. The standard InChI is InChI=1S/C14H22N4O2/c1-11-9-13(19)12(10-16-11)14(20)15-3-4-18-7-5-17(2)6-8-18/h9-10H,3-8H2,1-2H3,(H,15,20)(H,16,19). The Hall–Kier alpha value is -1.66. The molecule has 1 aromatic rings. The van der Waals surface area contributed by atoms with E-state index in [0.29, 0.717) is 6.54 Å². The topological polar surface area (TPSA) is 68.4 Å². The Balaban J connectivity index is 1.79. The molecule has 2 N–H and O–H groups in total. The zero-order valence-corrected chi connectivity index (χ0v) is 12.1. The number of amides is 1. The molecule has 6 nitrogen and oxygen atoms in total. The number of hydrogen-bond acceptors (Lipinski definition) is 4. The lowest BCUT2D eigenvalue weighted by atomic mass is 10.2. The normalized spacial score (nSPS) is 17.1. The number of pyridine rings is 1. The summed E-state index contributed by atoms with van der Waals surface area (Å²) in [5.41, 5.74) is 0.691. The van der Waals surface area contributed by atoms with E-state index >= 15 is 0 Å².